The van der Waals surface area contributed by atoms with Crippen LogP contribution in [-0.4, -0.2) is 53.5 Å². The van der Waals surface area contributed by atoms with Crippen molar-refractivity contribution in [2.75, 3.05) is 26.2 Å². The van der Waals surface area contributed by atoms with E-state index in [9.17, 15) is 14.0 Å². The Bertz CT molecular complexity index is 887. The molecule has 2 fully saturated rings. The van der Waals surface area contributed by atoms with Crippen molar-refractivity contribution in [1.82, 2.24) is 9.80 Å². The summed E-state index contributed by atoms with van der Waals surface area (Å²) in [4.78, 5) is 28.9. The highest BCUT2D eigenvalue weighted by Gasteiger charge is 2.41. The van der Waals surface area contributed by atoms with E-state index in [1.165, 1.54) is 12.1 Å². The van der Waals surface area contributed by atoms with Gasteiger partial charge in [0.2, 0.25) is 11.8 Å². The second-order valence-electron chi connectivity index (χ2n) is 8.24. The first-order valence-corrected chi connectivity index (χ1v) is 10.5. The Hall–Kier alpha value is -2.73. The van der Waals surface area contributed by atoms with Gasteiger partial charge in [0.05, 0.1) is 18.6 Å². The minimum absolute atomic E-state index is 0.0120. The first-order chi connectivity index (χ1) is 14.5. The molecule has 6 heteroatoms. The Morgan fingerprint density at radius 3 is 2.53 bits per heavy atom. The summed E-state index contributed by atoms with van der Waals surface area (Å²) >= 11 is 0. The van der Waals surface area contributed by atoms with Gasteiger partial charge in [-0.1, -0.05) is 42.5 Å². The van der Waals surface area contributed by atoms with Gasteiger partial charge in [0.25, 0.3) is 0 Å². The third-order valence-electron chi connectivity index (χ3n) is 6.07. The van der Waals surface area contributed by atoms with E-state index in [2.05, 4.69) is 0 Å². The molecule has 0 N–H and O–H groups in total. The molecule has 2 heterocycles. The quantitative estimate of drug-likeness (QED) is 0.778. The van der Waals surface area contributed by atoms with Crippen molar-refractivity contribution in [2.24, 2.45) is 0 Å². The van der Waals surface area contributed by atoms with Crippen LogP contribution in [0.3, 0.4) is 0 Å². The number of carbonyl (C=O) groups excluding carboxylic acids is 2. The van der Waals surface area contributed by atoms with Crippen molar-refractivity contribution in [3.05, 3.63) is 71.5 Å². The third-order valence-corrected chi connectivity index (χ3v) is 6.07. The van der Waals surface area contributed by atoms with Crippen LogP contribution in [-0.2, 0) is 27.3 Å². The maximum Gasteiger partial charge on any atom is 0.248 e. The van der Waals surface area contributed by atoms with Crippen LogP contribution in [0.2, 0.25) is 0 Å². The molecule has 2 aliphatic heterocycles. The molecule has 0 radical (unpaired) electrons. The molecule has 30 heavy (non-hydrogen) atoms. The van der Waals surface area contributed by atoms with E-state index in [4.69, 9.17) is 4.74 Å². The summed E-state index contributed by atoms with van der Waals surface area (Å²) in [6.07, 6.45) is 2.64. The molecule has 2 aliphatic rings. The van der Waals surface area contributed by atoms with Gasteiger partial charge >= 0.3 is 0 Å². The smallest absolute Gasteiger partial charge is 0.248 e. The number of halogens is 1. The predicted octanol–water partition coefficient (Wildman–Crippen LogP) is 3.18. The van der Waals surface area contributed by atoms with Gasteiger partial charge in [0.15, 0.2) is 0 Å². The van der Waals surface area contributed by atoms with Crippen molar-refractivity contribution in [3.63, 3.8) is 0 Å². The number of hydrogen-bond acceptors (Lipinski definition) is 3. The van der Waals surface area contributed by atoms with Crippen molar-refractivity contribution >= 4 is 11.8 Å². The molecule has 2 aromatic carbocycles. The number of hydrogen-bond donors (Lipinski definition) is 0. The number of nitrogens with zero attached hydrogens (tertiary/aromatic N) is 2. The van der Waals surface area contributed by atoms with E-state index in [0.29, 0.717) is 32.6 Å². The monoisotopic (exact) mass is 410 g/mol. The first-order valence-electron chi connectivity index (χ1n) is 10.5. The van der Waals surface area contributed by atoms with Crippen molar-refractivity contribution in [2.45, 2.75) is 37.8 Å². The van der Waals surface area contributed by atoms with Gasteiger partial charge in [-0.15, -0.1) is 0 Å². The van der Waals surface area contributed by atoms with Gasteiger partial charge in [-0.05, 0) is 42.5 Å². The Morgan fingerprint density at radius 2 is 1.77 bits per heavy atom. The summed E-state index contributed by atoms with van der Waals surface area (Å²) in [6.45, 7) is 2.51. The molecule has 2 saturated heterocycles. The van der Waals surface area contributed by atoms with Gasteiger partial charge in [0.1, 0.15) is 12.4 Å². The normalized spacial score (nSPS) is 22.2. The lowest BCUT2D eigenvalue weighted by molar-refractivity contribution is -0.167. The van der Waals surface area contributed by atoms with Crippen molar-refractivity contribution in [1.29, 1.82) is 0 Å². The largest absolute Gasteiger partial charge is 0.363 e. The predicted molar refractivity (Wildman–Crippen MR) is 111 cm³/mol. The van der Waals surface area contributed by atoms with E-state index < -0.39 is 5.60 Å². The SMILES string of the molecule is O=C(Cc1ccc(F)cc1)N1CCCC2(CC1)CN(Cc1ccccc1)C(=O)CO2. The van der Waals surface area contributed by atoms with Crippen LogP contribution >= 0.6 is 0 Å². The van der Waals surface area contributed by atoms with Gasteiger partial charge in [-0.25, -0.2) is 4.39 Å². The van der Waals surface area contributed by atoms with Crippen LogP contribution in [0.25, 0.3) is 0 Å². The Morgan fingerprint density at radius 1 is 1.00 bits per heavy atom. The molecule has 2 aromatic rings. The van der Waals surface area contributed by atoms with Gasteiger partial charge in [0, 0.05) is 19.6 Å². The first kappa shape index (κ1) is 20.5. The van der Waals surface area contributed by atoms with Crippen LogP contribution < -0.4 is 0 Å². The Kier molecular flexibility index (Phi) is 6.13. The van der Waals surface area contributed by atoms with Gasteiger partial charge < -0.3 is 14.5 Å². The number of likely N-dealkylation sites (tertiary alicyclic amines) is 1. The molecule has 0 aliphatic carbocycles. The molecule has 1 atom stereocenters. The number of ether oxygens (including phenoxy) is 1. The standard InChI is InChI=1S/C24H27FN2O3/c25-21-9-7-19(8-10-21)15-22(28)26-13-4-11-24(12-14-26)18-27(23(29)17-30-24)16-20-5-2-1-3-6-20/h1-3,5-10H,4,11-18H2. The lowest BCUT2D eigenvalue weighted by atomic mass is 9.92. The highest BCUT2D eigenvalue weighted by molar-refractivity contribution is 5.79. The number of carbonyl (C=O) groups is 2. The fourth-order valence-corrected chi connectivity index (χ4v) is 4.34. The van der Waals surface area contributed by atoms with Crippen LogP contribution in [0.5, 0.6) is 0 Å². The minimum atomic E-state index is -0.395. The van der Waals surface area contributed by atoms with Crippen LogP contribution in [0.1, 0.15) is 30.4 Å². The second-order valence-corrected chi connectivity index (χ2v) is 8.24. The number of benzene rings is 2. The van der Waals surface area contributed by atoms with E-state index >= 15 is 0 Å². The van der Waals surface area contributed by atoms with Crippen molar-refractivity contribution in [3.8, 4) is 0 Å². The maximum atomic E-state index is 13.1. The van der Waals surface area contributed by atoms with E-state index in [-0.39, 0.29) is 30.7 Å². The van der Waals surface area contributed by atoms with E-state index in [1.807, 2.05) is 40.1 Å². The van der Waals surface area contributed by atoms with Crippen LogP contribution in [0, 0.1) is 5.82 Å². The molecule has 5 nitrogen and oxygen atoms in total. The summed E-state index contributed by atoms with van der Waals surface area (Å²) in [5, 5.41) is 0. The average molecular weight is 410 g/mol. The molecule has 1 spiro atoms. The summed E-state index contributed by atoms with van der Waals surface area (Å²) in [5.74, 6) is -0.239. The molecular formula is C24H27FN2O3. The molecule has 1 unspecified atom stereocenters. The second kappa shape index (κ2) is 8.96. The zero-order chi connectivity index (χ0) is 21.0. The lowest BCUT2D eigenvalue weighted by Gasteiger charge is -2.42. The lowest BCUT2D eigenvalue weighted by Crippen LogP contribution is -2.54. The molecule has 0 saturated carbocycles. The summed E-state index contributed by atoms with van der Waals surface area (Å²) in [5.41, 5.74) is 1.52. The van der Waals surface area contributed by atoms with Gasteiger partial charge in [-0.3, -0.25) is 9.59 Å². The van der Waals surface area contributed by atoms with Crippen molar-refractivity contribution < 1.29 is 18.7 Å². The molecular weight excluding hydrogens is 383 g/mol. The van der Waals surface area contributed by atoms with E-state index in [1.54, 1.807) is 12.1 Å². The Balaban J connectivity index is 1.38. The Labute approximate surface area is 176 Å². The molecule has 158 valence electrons. The number of amides is 2. The topological polar surface area (TPSA) is 49.9 Å². The summed E-state index contributed by atoms with van der Waals surface area (Å²) in [7, 11) is 0. The fourth-order valence-electron chi connectivity index (χ4n) is 4.34. The molecule has 2 amide bonds. The third kappa shape index (κ3) is 4.87. The fraction of sp³-hybridized carbons (Fsp3) is 0.417. The summed E-state index contributed by atoms with van der Waals surface area (Å²) < 4.78 is 19.1. The highest BCUT2D eigenvalue weighted by atomic mass is 19.1. The maximum absolute atomic E-state index is 13.1. The van der Waals surface area contributed by atoms with Crippen LogP contribution in [0.15, 0.2) is 54.6 Å². The van der Waals surface area contributed by atoms with Crippen LogP contribution in [0.4, 0.5) is 4.39 Å². The zero-order valence-electron chi connectivity index (χ0n) is 17.1. The minimum Gasteiger partial charge on any atom is -0.363 e. The molecule has 0 aromatic heterocycles. The highest BCUT2D eigenvalue weighted by Crippen LogP contribution is 2.31. The molecule has 4 rings (SSSR count). The van der Waals surface area contributed by atoms with E-state index in [0.717, 1.165) is 24.0 Å². The summed E-state index contributed by atoms with van der Waals surface area (Å²) in [6, 6.07) is 16.1. The van der Waals surface area contributed by atoms with Gasteiger partial charge in [-0.2, -0.15) is 0 Å². The molecule has 0 bridgehead atoms. The number of rotatable bonds is 4. The number of morpholine rings is 1. The average Bonchev–Trinajstić information content (AvgIpc) is 2.96. The zero-order valence-corrected chi connectivity index (χ0v) is 17.1.